The molecule has 19 heavy (non-hydrogen) atoms. The van der Waals surface area contributed by atoms with Crippen LogP contribution >= 0.6 is 0 Å². The molecule has 1 amide bonds. The molecule has 0 saturated carbocycles. The van der Waals surface area contributed by atoms with Crippen LogP contribution in [-0.2, 0) is 14.3 Å². The lowest BCUT2D eigenvalue weighted by atomic mass is 9.84. The van der Waals surface area contributed by atoms with Crippen molar-refractivity contribution < 1.29 is 28.2 Å². The highest BCUT2D eigenvalue weighted by molar-refractivity contribution is 5.77. The lowest BCUT2D eigenvalue weighted by Crippen LogP contribution is -2.45. The minimum atomic E-state index is -2.56. The van der Waals surface area contributed by atoms with Crippen molar-refractivity contribution in [3.05, 3.63) is 0 Å². The Morgan fingerprint density at radius 2 is 1.89 bits per heavy atom. The summed E-state index contributed by atoms with van der Waals surface area (Å²) in [5.41, 5.74) is -0.405. The van der Waals surface area contributed by atoms with Crippen LogP contribution in [-0.4, -0.2) is 42.7 Å². The second-order valence-corrected chi connectivity index (χ2v) is 5.30. The van der Waals surface area contributed by atoms with Crippen LogP contribution in [0.1, 0.15) is 33.6 Å². The van der Waals surface area contributed by atoms with Crippen molar-refractivity contribution in [2.45, 2.75) is 46.1 Å². The summed E-state index contributed by atoms with van der Waals surface area (Å²) in [4.78, 5) is 22.3. The van der Waals surface area contributed by atoms with Gasteiger partial charge in [0.2, 0.25) is 5.91 Å². The van der Waals surface area contributed by atoms with Gasteiger partial charge in [0.1, 0.15) is 6.61 Å². The average molecular weight is 281 g/mol. The Morgan fingerprint density at radius 1 is 1.32 bits per heavy atom. The molecule has 2 N–H and O–H groups in total. The van der Waals surface area contributed by atoms with E-state index in [1.54, 1.807) is 0 Å². The largest absolute Gasteiger partial charge is 0.481 e. The van der Waals surface area contributed by atoms with Crippen LogP contribution in [0.3, 0.4) is 0 Å². The first-order chi connectivity index (χ1) is 8.62. The normalized spacial score (nSPS) is 13.4. The van der Waals surface area contributed by atoms with Gasteiger partial charge in [0.05, 0.1) is 13.0 Å². The molecule has 0 aromatic heterocycles. The molecule has 5 nitrogen and oxygen atoms in total. The van der Waals surface area contributed by atoms with Gasteiger partial charge in [-0.05, 0) is 5.41 Å². The Labute approximate surface area is 111 Å². The van der Waals surface area contributed by atoms with Gasteiger partial charge in [0.15, 0.2) is 0 Å². The maximum Gasteiger partial charge on any atom is 0.305 e. The molecule has 0 aliphatic carbocycles. The zero-order valence-electron chi connectivity index (χ0n) is 11.4. The molecule has 0 bridgehead atoms. The molecular formula is C12H21F2NO4. The van der Waals surface area contributed by atoms with Crippen molar-refractivity contribution in [3.8, 4) is 0 Å². The Kier molecular flexibility index (Phi) is 7.51. The molecule has 1 atom stereocenters. The first kappa shape index (κ1) is 17.8. The van der Waals surface area contributed by atoms with E-state index in [2.05, 4.69) is 10.1 Å². The summed E-state index contributed by atoms with van der Waals surface area (Å²) in [6.07, 6.45) is -2.82. The van der Waals surface area contributed by atoms with E-state index in [-0.39, 0.29) is 19.4 Å². The number of aliphatic carboxylic acids is 1. The van der Waals surface area contributed by atoms with Crippen molar-refractivity contribution >= 4 is 11.9 Å². The maximum absolute atomic E-state index is 11.8. The molecule has 0 radical (unpaired) electrons. The van der Waals surface area contributed by atoms with Gasteiger partial charge >= 0.3 is 5.97 Å². The van der Waals surface area contributed by atoms with E-state index >= 15 is 0 Å². The minimum absolute atomic E-state index is 0.0705. The lowest BCUT2D eigenvalue weighted by molar-refractivity contribution is -0.138. The van der Waals surface area contributed by atoms with E-state index in [4.69, 9.17) is 5.11 Å². The zero-order valence-corrected chi connectivity index (χ0v) is 11.4. The van der Waals surface area contributed by atoms with E-state index in [0.29, 0.717) is 0 Å². The number of carbonyl (C=O) groups is 2. The van der Waals surface area contributed by atoms with Crippen molar-refractivity contribution in [2.75, 3.05) is 13.2 Å². The number of carboxylic acid groups (broad SMARTS) is 1. The highest BCUT2D eigenvalue weighted by Crippen LogP contribution is 2.21. The van der Waals surface area contributed by atoms with Crippen LogP contribution in [0, 0.1) is 5.41 Å². The molecule has 0 aliphatic heterocycles. The van der Waals surface area contributed by atoms with Gasteiger partial charge in [0, 0.05) is 12.5 Å². The van der Waals surface area contributed by atoms with Crippen LogP contribution in [0.25, 0.3) is 0 Å². The molecule has 1 unspecified atom stereocenters. The Balaban J connectivity index is 4.14. The van der Waals surface area contributed by atoms with E-state index < -0.39 is 36.4 Å². The molecule has 0 rings (SSSR count). The molecule has 7 heteroatoms. The van der Waals surface area contributed by atoms with E-state index in [1.165, 1.54) is 0 Å². The Bertz CT molecular complexity index is 303. The Morgan fingerprint density at radius 3 is 2.32 bits per heavy atom. The fourth-order valence-corrected chi connectivity index (χ4v) is 1.35. The van der Waals surface area contributed by atoms with Gasteiger partial charge in [-0.3, -0.25) is 9.59 Å². The van der Waals surface area contributed by atoms with E-state index in [9.17, 15) is 18.4 Å². The third-order valence-corrected chi connectivity index (χ3v) is 2.48. The van der Waals surface area contributed by atoms with Gasteiger partial charge < -0.3 is 15.2 Å². The smallest absolute Gasteiger partial charge is 0.305 e. The number of hydrogen-bond acceptors (Lipinski definition) is 3. The lowest BCUT2D eigenvalue weighted by Gasteiger charge is -2.30. The number of carbonyl (C=O) groups excluding carboxylic acids is 1. The monoisotopic (exact) mass is 281 g/mol. The number of rotatable bonds is 8. The van der Waals surface area contributed by atoms with Crippen LogP contribution in [0.5, 0.6) is 0 Å². The van der Waals surface area contributed by atoms with Crippen molar-refractivity contribution in [3.63, 3.8) is 0 Å². The molecule has 0 heterocycles. The first-order valence-electron chi connectivity index (χ1n) is 6.00. The molecule has 0 aromatic rings. The molecule has 0 saturated heterocycles. The number of carboxylic acids is 1. The summed E-state index contributed by atoms with van der Waals surface area (Å²) in [5.74, 6) is -1.41. The second-order valence-electron chi connectivity index (χ2n) is 5.30. The first-order valence-corrected chi connectivity index (χ1v) is 6.00. The van der Waals surface area contributed by atoms with Crippen LogP contribution in [0.4, 0.5) is 8.78 Å². The standard InChI is InChI=1S/C12H21F2NO4/c1-12(2,3)8(6-11(17)18)15-10(16)4-5-19-7-9(13)14/h8-9H,4-7H2,1-3H3,(H,15,16)(H,17,18). The van der Waals surface area contributed by atoms with Gasteiger partial charge in [-0.15, -0.1) is 0 Å². The summed E-state index contributed by atoms with van der Waals surface area (Å²) in [6.45, 7) is 4.63. The number of amides is 1. The molecule has 0 fully saturated rings. The van der Waals surface area contributed by atoms with E-state index in [0.717, 1.165) is 0 Å². The highest BCUT2D eigenvalue weighted by atomic mass is 19.3. The summed E-state index contributed by atoms with van der Waals surface area (Å²) >= 11 is 0. The maximum atomic E-state index is 11.8. The fraction of sp³-hybridized carbons (Fsp3) is 0.833. The van der Waals surface area contributed by atoms with Gasteiger partial charge in [-0.25, -0.2) is 8.78 Å². The molecular weight excluding hydrogens is 260 g/mol. The zero-order chi connectivity index (χ0) is 15.1. The van der Waals surface area contributed by atoms with Gasteiger partial charge in [0.25, 0.3) is 6.43 Å². The highest BCUT2D eigenvalue weighted by Gasteiger charge is 2.28. The van der Waals surface area contributed by atoms with Crippen molar-refractivity contribution in [1.29, 1.82) is 0 Å². The summed E-state index contributed by atoms with van der Waals surface area (Å²) in [6, 6.07) is -0.521. The average Bonchev–Trinajstić information content (AvgIpc) is 2.21. The molecule has 0 aliphatic rings. The summed E-state index contributed by atoms with van der Waals surface area (Å²) in [5, 5.41) is 11.4. The predicted molar refractivity (Wildman–Crippen MR) is 65.1 cm³/mol. The molecule has 0 spiro atoms. The number of halogens is 2. The minimum Gasteiger partial charge on any atom is -0.481 e. The van der Waals surface area contributed by atoms with Crippen molar-refractivity contribution in [1.82, 2.24) is 5.32 Å². The third kappa shape index (κ3) is 9.35. The summed E-state index contributed by atoms with van der Waals surface area (Å²) < 4.78 is 28.1. The third-order valence-electron chi connectivity index (χ3n) is 2.48. The topological polar surface area (TPSA) is 75.6 Å². The number of hydrogen-bond donors (Lipinski definition) is 2. The van der Waals surface area contributed by atoms with Crippen LogP contribution in [0.15, 0.2) is 0 Å². The Hall–Kier alpha value is -1.24. The number of ether oxygens (including phenoxy) is 1. The SMILES string of the molecule is CC(C)(C)C(CC(=O)O)NC(=O)CCOCC(F)F. The quantitative estimate of drug-likeness (QED) is 0.663. The van der Waals surface area contributed by atoms with E-state index in [1.807, 2.05) is 20.8 Å². The van der Waals surface area contributed by atoms with Gasteiger partial charge in [-0.2, -0.15) is 0 Å². The molecule has 112 valence electrons. The second kappa shape index (κ2) is 8.04. The molecule has 0 aromatic carbocycles. The fourth-order valence-electron chi connectivity index (χ4n) is 1.35. The number of nitrogens with one attached hydrogen (secondary N) is 1. The summed E-state index contributed by atoms with van der Waals surface area (Å²) in [7, 11) is 0. The number of alkyl halides is 2. The van der Waals surface area contributed by atoms with Gasteiger partial charge in [-0.1, -0.05) is 20.8 Å². The van der Waals surface area contributed by atoms with Crippen molar-refractivity contribution in [2.24, 2.45) is 5.41 Å². The predicted octanol–water partition coefficient (Wildman–Crippen LogP) is 1.66. The van der Waals surface area contributed by atoms with Crippen LogP contribution < -0.4 is 5.32 Å². The van der Waals surface area contributed by atoms with Crippen LogP contribution in [0.2, 0.25) is 0 Å².